The van der Waals surface area contributed by atoms with E-state index in [1.54, 1.807) is 13.3 Å². The molecule has 1 amide bonds. The van der Waals surface area contributed by atoms with Crippen molar-refractivity contribution in [2.24, 2.45) is 5.92 Å². The zero-order valence-corrected chi connectivity index (χ0v) is 18.4. The summed E-state index contributed by atoms with van der Waals surface area (Å²) >= 11 is 0. The maximum Gasteiger partial charge on any atom is 0.338 e. The molecule has 0 saturated heterocycles. The van der Waals surface area contributed by atoms with Crippen LogP contribution in [0.3, 0.4) is 0 Å². The molecule has 0 aliphatic carbocycles. The number of ether oxygens (including phenoxy) is 3. The van der Waals surface area contributed by atoms with E-state index in [-0.39, 0.29) is 36.8 Å². The highest BCUT2D eigenvalue weighted by molar-refractivity contribution is 5.93. The number of amides is 1. The van der Waals surface area contributed by atoms with Gasteiger partial charge in [0.1, 0.15) is 12.9 Å². The Hall–Kier alpha value is -2.44. The van der Waals surface area contributed by atoms with E-state index in [4.69, 9.17) is 14.2 Å². The van der Waals surface area contributed by atoms with Crippen LogP contribution < -0.4 is 5.32 Å². The zero-order chi connectivity index (χ0) is 21.9. The van der Waals surface area contributed by atoms with Gasteiger partial charge in [-0.25, -0.2) is 4.79 Å². The molecule has 6 heteroatoms. The number of benzene rings is 1. The summed E-state index contributed by atoms with van der Waals surface area (Å²) < 4.78 is 17.0. The third-order valence-corrected chi connectivity index (χ3v) is 5.18. The molecule has 0 unspecified atom stereocenters. The highest BCUT2D eigenvalue weighted by Gasteiger charge is 2.26. The first-order valence-corrected chi connectivity index (χ1v) is 10.4. The van der Waals surface area contributed by atoms with Gasteiger partial charge >= 0.3 is 5.97 Å². The number of hydrogen-bond acceptors (Lipinski definition) is 5. The highest BCUT2D eigenvalue weighted by Crippen LogP contribution is 2.25. The molecule has 1 aromatic carbocycles. The molecule has 1 heterocycles. The van der Waals surface area contributed by atoms with Crippen LogP contribution >= 0.6 is 0 Å². The number of aryl methyl sites for hydroxylation is 1. The number of esters is 1. The molecule has 1 N–H and O–H groups in total. The van der Waals surface area contributed by atoms with Gasteiger partial charge in [-0.15, -0.1) is 0 Å². The maximum atomic E-state index is 13.1. The molecule has 0 saturated carbocycles. The maximum absolute atomic E-state index is 13.1. The van der Waals surface area contributed by atoms with Gasteiger partial charge in [-0.1, -0.05) is 43.4 Å². The monoisotopic (exact) mass is 415 g/mol. The lowest BCUT2D eigenvalue weighted by Gasteiger charge is -2.28. The van der Waals surface area contributed by atoms with Crippen LogP contribution in [-0.2, 0) is 25.4 Å². The summed E-state index contributed by atoms with van der Waals surface area (Å²) in [6, 6.07) is 5.86. The number of cyclic esters (lactones) is 1. The summed E-state index contributed by atoms with van der Waals surface area (Å²) in [7, 11) is 1.59. The number of methoxy groups -OCH3 is 1. The van der Waals surface area contributed by atoms with Gasteiger partial charge in [0.05, 0.1) is 11.7 Å². The number of nitrogens with one attached hydrogen (secondary N) is 1. The predicted molar refractivity (Wildman–Crippen MR) is 116 cm³/mol. The molecule has 0 fully saturated rings. The summed E-state index contributed by atoms with van der Waals surface area (Å²) in [6.45, 7) is 5.68. The van der Waals surface area contributed by atoms with Crippen LogP contribution in [-0.4, -0.2) is 38.0 Å². The van der Waals surface area contributed by atoms with Gasteiger partial charge < -0.3 is 19.5 Å². The molecule has 30 heavy (non-hydrogen) atoms. The summed E-state index contributed by atoms with van der Waals surface area (Å²) in [6.07, 6.45) is 9.68. The van der Waals surface area contributed by atoms with E-state index >= 15 is 0 Å². The fourth-order valence-corrected chi connectivity index (χ4v) is 3.54. The highest BCUT2D eigenvalue weighted by atomic mass is 16.7. The molecule has 3 atom stereocenters. The van der Waals surface area contributed by atoms with Crippen molar-refractivity contribution in [1.82, 2.24) is 5.32 Å². The lowest BCUT2D eigenvalue weighted by atomic mass is 9.93. The van der Waals surface area contributed by atoms with Gasteiger partial charge in [0.15, 0.2) is 0 Å². The predicted octanol–water partition coefficient (Wildman–Crippen LogP) is 4.08. The van der Waals surface area contributed by atoms with Crippen LogP contribution in [0.25, 0.3) is 0 Å². The van der Waals surface area contributed by atoms with E-state index in [0.717, 1.165) is 17.5 Å². The molecule has 1 aliphatic rings. The second-order valence-electron chi connectivity index (χ2n) is 7.71. The Morgan fingerprint density at radius 3 is 2.87 bits per heavy atom. The summed E-state index contributed by atoms with van der Waals surface area (Å²) in [5.41, 5.74) is 2.49. The molecule has 1 aliphatic heterocycles. The van der Waals surface area contributed by atoms with Crippen molar-refractivity contribution >= 4 is 11.9 Å². The Kier molecular flexibility index (Phi) is 9.77. The van der Waals surface area contributed by atoms with Crippen LogP contribution in [0.5, 0.6) is 0 Å². The van der Waals surface area contributed by atoms with Crippen molar-refractivity contribution in [2.75, 3.05) is 13.9 Å². The molecule has 0 radical (unpaired) electrons. The van der Waals surface area contributed by atoms with Gasteiger partial charge in [-0.05, 0) is 43.0 Å². The SMILES string of the molecule is COCO[C@@H]1C[C@H](C/C=C/NC(C)=O)OC(=O)c2c(C)cccc2C/C=C/C[C@@H]1C. The van der Waals surface area contributed by atoms with Gasteiger partial charge in [-0.3, -0.25) is 4.79 Å². The van der Waals surface area contributed by atoms with Crippen molar-refractivity contribution in [3.8, 4) is 0 Å². The molecular formula is C24H33NO5. The molecular weight excluding hydrogens is 382 g/mol. The molecule has 1 aromatic rings. The Morgan fingerprint density at radius 1 is 1.33 bits per heavy atom. The Bertz CT molecular complexity index is 771. The second kappa shape index (κ2) is 12.3. The lowest BCUT2D eigenvalue weighted by molar-refractivity contribution is -0.118. The largest absolute Gasteiger partial charge is 0.458 e. The molecule has 164 valence electrons. The van der Waals surface area contributed by atoms with Crippen molar-refractivity contribution in [1.29, 1.82) is 0 Å². The number of rotatable bonds is 6. The molecule has 6 nitrogen and oxygen atoms in total. The first kappa shape index (κ1) is 23.8. The molecule has 0 aromatic heterocycles. The second-order valence-corrected chi connectivity index (χ2v) is 7.71. The van der Waals surface area contributed by atoms with E-state index in [0.29, 0.717) is 24.8 Å². The van der Waals surface area contributed by atoms with Crippen LogP contribution in [0, 0.1) is 12.8 Å². The Balaban J connectivity index is 2.30. The fourth-order valence-electron chi connectivity index (χ4n) is 3.54. The lowest BCUT2D eigenvalue weighted by Crippen LogP contribution is -2.31. The van der Waals surface area contributed by atoms with E-state index in [1.165, 1.54) is 6.92 Å². The number of carbonyl (C=O) groups excluding carboxylic acids is 2. The molecule has 2 rings (SSSR count). The van der Waals surface area contributed by atoms with Crippen LogP contribution in [0.2, 0.25) is 0 Å². The van der Waals surface area contributed by atoms with E-state index in [1.807, 2.05) is 31.2 Å². The summed E-state index contributed by atoms with van der Waals surface area (Å²) in [4.78, 5) is 24.2. The van der Waals surface area contributed by atoms with Crippen molar-refractivity contribution in [3.05, 3.63) is 59.3 Å². The van der Waals surface area contributed by atoms with Gasteiger partial charge in [0.2, 0.25) is 5.91 Å². The Labute approximate surface area is 179 Å². The van der Waals surface area contributed by atoms with Crippen LogP contribution in [0.15, 0.2) is 42.6 Å². The molecule has 0 spiro atoms. The summed E-state index contributed by atoms with van der Waals surface area (Å²) in [5, 5.41) is 2.62. The van der Waals surface area contributed by atoms with Gasteiger partial charge in [0.25, 0.3) is 0 Å². The topological polar surface area (TPSA) is 73.9 Å². The first-order valence-electron chi connectivity index (χ1n) is 10.4. The van der Waals surface area contributed by atoms with E-state index in [2.05, 4.69) is 24.4 Å². The number of hydrogen-bond donors (Lipinski definition) is 1. The van der Waals surface area contributed by atoms with E-state index < -0.39 is 0 Å². The Morgan fingerprint density at radius 2 is 2.13 bits per heavy atom. The van der Waals surface area contributed by atoms with Gasteiger partial charge in [-0.2, -0.15) is 0 Å². The minimum atomic E-state index is -0.386. The molecule has 0 bridgehead atoms. The van der Waals surface area contributed by atoms with Crippen LogP contribution in [0.1, 0.15) is 54.6 Å². The number of allylic oxidation sites excluding steroid dienone is 2. The number of fused-ring (bicyclic) bond motifs is 1. The average molecular weight is 416 g/mol. The van der Waals surface area contributed by atoms with Crippen molar-refractivity contribution in [2.45, 2.75) is 58.7 Å². The average Bonchev–Trinajstić information content (AvgIpc) is 2.70. The van der Waals surface area contributed by atoms with Crippen LogP contribution in [0.4, 0.5) is 0 Å². The van der Waals surface area contributed by atoms with Crippen molar-refractivity contribution in [3.63, 3.8) is 0 Å². The quantitative estimate of drug-likeness (QED) is 0.431. The fraction of sp³-hybridized carbons (Fsp3) is 0.500. The van der Waals surface area contributed by atoms with E-state index in [9.17, 15) is 9.59 Å². The van der Waals surface area contributed by atoms with Crippen molar-refractivity contribution < 1.29 is 23.8 Å². The summed E-state index contributed by atoms with van der Waals surface area (Å²) in [5.74, 6) is -0.241. The van der Waals surface area contributed by atoms with Gasteiger partial charge in [0, 0.05) is 26.9 Å². The number of carbonyl (C=O) groups is 2. The first-order chi connectivity index (χ1) is 14.4. The minimum absolute atomic E-state index is 0.127. The minimum Gasteiger partial charge on any atom is -0.458 e. The third-order valence-electron chi connectivity index (χ3n) is 5.18. The normalized spacial score (nSPS) is 23.7. The third kappa shape index (κ3) is 7.43. The standard InChI is InChI=1S/C24H33NO5/c1-17-9-5-6-11-20-12-7-10-18(2)23(20)24(27)30-21(13-8-14-25-19(3)26)15-22(17)29-16-28-4/h5-8,10,12,14,17,21-22H,9,11,13,15-16H2,1-4H3,(H,25,26)/b6-5+,14-8+/t17-,21-,22+/m0/s1. The zero-order valence-electron chi connectivity index (χ0n) is 18.4. The smallest absolute Gasteiger partial charge is 0.338 e.